The van der Waals surface area contributed by atoms with Crippen LogP contribution in [0, 0.1) is 11.3 Å². The summed E-state index contributed by atoms with van der Waals surface area (Å²) in [6.45, 7) is 3.93. The minimum atomic E-state index is -0.493. The van der Waals surface area contributed by atoms with Gasteiger partial charge in [-0.05, 0) is 62.9 Å². The summed E-state index contributed by atoms with van der Waals surface area (Å²) in [5.41, 5.74) is 4.83. The van der Waals surface area contributed by atoms with Crippen molar-refractivity contribution in [2.24, 2.45) is 0 Å². The van der Waals surface area contributed by atoms with E-state index in [0.29, 0.717) is 29.6 Å². The first-order chi connectivity index (χ1) is 17.0. The molecule has 9 nitrogen and oxygen atoms in total. The van der Waals surface area contributed by atoms with Crippen molar-refractivity contribution in [1.82, 2.24) is 20.0 Å². The zero-order valence-electron chi connectivity index (χ0n) is 19.6. The summed E-state index contributed by atoms with van der Waals surface area (Å²) < 4.78 is 13.4. The van der Waals surface area contributed by atoms with Gasteiger partial charge in [0.1, 0.15) is 18.4 Å². The second kappa shape index (κ2) is 9.50. The van der Waals surface area contributed by atoms with Crippen LogP contribution in [0.1, 0.15) is 50.4 Å². The first kappa shape index (κ1) is 22.5. The molecule has 1 aliphatic carbocycles. The maximum atomic E-state index is 11.9. The van der Waals surface area contributed by atoms with Gasteiger partial charge in [-0.15, -0.1) is 5.10 Å². The number of anilines is 1. The Kier molecular flexibility index (Phi) is 6.10. The predicted molar refractivity (Wildman–Crippen MR) is 131 cm³/mol. The van der Waals surface area contributed by atoms with Crippen LogP contribution < -0.4 is 10.1 Å². The van der Waals surface area contributed by atoms with Crippen molar-refractivity contribution < 1.29 is 14.3 Å². The first-order valence-electron chi connectivity index (χ1n) is 11.7. The Morgan fingerprint density at radius 1 is 1.26 bits per heavy atom. The van der Waals surface area contributed by atoms with E-state index in [9.17, 15) is 10.1 Å². The van der Waals surface area contributed by atoms with Gasteiger partial charge < -0.3 is 14.0 Å². The summed E-state index contributed by atoms with van der Waals surface area (Å²) in [5.74, 6) is 0.712. The van der Waals surface area contributed by atoms with Crippen LogP contribution in [0.15, 0.2) is 48.7 Å². The highest BCUT2D eigenvalue weighted by Crippen LogP contribution is 2.43. The summed E-state index contributed by atoms with van der Waals surface area (Å²) in [6.07, 6.45) is 4.22. The molecule has 2 heterocycles. The van der Waals surface area contributed by atoms with E-state index in [0.717, 1.165) is 47.1 Å². The topological polar surface area (TPSA) is 118 Å². The van der Waals surface area contributed by atoms with Crippen molar-refractivity contribution >= 4 is 22.7 Å². The Morgan fingerprint density at radius 3 is 2.69 bits per heavy atom. The maximum Gasteiger partial charge on any atom is 0.411 e. The summed E-state index contributed by atoms with van der Waals surface area (Å²) in [4.78, 5) is 11.9. The third kappa shape index (κ3) is 4.55. The van der Waals surface area contributed by atoms with E-state index in [1.807, 2.05) is 42.5 Å². The number of aromatic amines is 1. The van der Waals surface area contributed by atoms with Crippen LogP contribution in [-0.2, 0) is 11.3 Å². The molecule has 0 atom stereocenters. The van der Waals surface area contributed by atoms with Crippen molar-refractivity contribution in [2.45, 2.75) is 51.9 Å². The molecule has 1 saturated carbocycles. The molecule has 35 heavy (non-hydrogen) atoms. The molecule has 0 spiro atoms. The average molecular weight is 471 g/mol. The lowest BCUT2D eigenvalue weighted by Gasteiger charge is -2.30. The van der Waals surface area contributed by atoms with Gasteiger partial charge in [0, 0.05) is 23.2 Å². The average Bonchev–Trinajstić information content (AvgIpc) is 3.43. The molecule has 1 fully saturated rings. The van der Waals surface area contributed by atoms with E-state index < -0.39 is 6.09 Å². The van der Waals surface area contributed by atoms with Crippen LogP contribution in [0.25, 0.3) is 22.2 Å². The molecule has 0 aliphatic heterocycles. The molecule has 178 valence electrons. The number of amides is 1. The quantitative estimate of drug-likeness (QED) is 0.365. The van der Waals surface area contributed by atoms with Crippen LogP contribution in [0.4, 0.5) is 10.5 Å². The molecule has 2 aromatic heterocycles. The standard InChI is InChI=1S/C26H26N6O3/c1-16(2)35-26(33)29-18-8-6-17(7-9-18)25-23(13-27)22-11-10-21(34-15-19-14-28-31-30-19)12-24(22)32(25)20-4-3-5-20/h6-12,14,16,20H,3-5,15H2,1-2H3,(H,29,33)(H,28,30,31). The van der Waals surface area contributed by atoms with E-state index in [-0.39, 0.29) is 6.10 Å². The zero-order chi connectivity index (χ0) is 24.4. The Balaban J connectivity index is 1.51. The van der Waals surface area contributed by atoms with Crippen molar-refractivity contribution in [3.05, 3.63) is 59.9 Å². The Bertz CT molecular complexity index is 1380. The number of H-pyrrole nitrogens is 1. The van der Waals surface area contributed by atoms with Gasteiger partial charge in [-0.1, -0.05) is 17.3 Å². The number of rotatable bonds is 7. The van der Waals surface area contributed by atoms with Gasteiger partial charge >= 0.3 is 6.09 Å². The molecule has 2 N–H and O–H groups in total. The Hall–Kier alpha value is -4.32. The van der Waals surface area contributed by atoms with Gasteiger partial charge in [0.05, 0.1) is 34.8 Å². The molecule has 0 radical (unpaired) electrons. The minimum Gasteiger partial charge on any atom is -0.487 e. The van der Waals surface area contributed by atoms with Crippen LogP contribution in [0.5, 0.6) is 5.75 Å². The van der Waals surface area contributed by atoms with E-state index in [1.54, 1.807) is 20.0 Å². The number of carbonyl (C=O) groups excluding carboxylic acids is 1. The SMILES string of the molecule is CC(C)OC(=O)Nc1ccc(-c2c(C#N)c3ccc(OCc4cnn[nH]4)cc3n2C2CCC2)cc1. The van der Waals surface area contributed by atoms with Crippen molar-refractivity contribution in [2.75, 3.05) is 5.32 Å². The molecule has 0 unspecified atom stereocenters. The number of nitrogens with zero attached hydrogens (tertiary/aromatic N) is 4. The number of ether oxygens (including phenoxy) is 2. The third-order valence-electron chi connectivity index (χ3n) is 6.13. The number of nitrogens with one attached hydrogen (secondary N) is 2. The van der Waals surface area contributed by atoms with E-state index in [4.69, 9.17) is 9.47 Å². The number of fused-ring (bicyclic) bond motifs is 1. The summed E-state index contributed by atoms with van der Waals surface area (Å²) in [5, 5.41) is 24.0. The normalized spacial score (nSPS) is 13.4. The molecular weight excluding hydrogens is 444 g/mol. The highest BCUT2D eigenvalue weighted by Gasteiger charge is 2.28. The minimum absolute atomic E-state index is 0.198. The predicted octanol–water partition coefficient (Wildman–Crippen LogP) is 5.56. The zero-order valence-corrected chi connectivity index (χ0v) is 19.6. The summed E-state index contributed by atoms with van der Waals surface area (Å²) in [7, 11) is 0. The second-order valence-corrected chi connectivity index (χ2v) is 8.90. The largest absolute Gasteiger partial charge is 0.487 e. The van der Waals surface area contributed by atoms with Crippen molar-refractivity contribution in [3.8, 4) is 23.1 Å². The van der Waals surface area contributed by atoms with Crippen LogP contribution >= 0.6 is 0 Å². The summed E-state index contributed by atoms with van der Waals surface area (Å²) >= 11 is 0. The Labute approximate surface area is 202 Å². The molecule has 0 bridgehead atoms. The molecule has 2 aromatic carbocycles. The van der Waals surface area contributed by atoms with Gasteiger partial charge in [-0.3, -0.25) is 10.4 Å². The third-order valence-corrected chi connectivity index (χ3v) is 6.13. The van der Waals surface area contributed by atoms with Gasteiger partial charge in [0.2, 0.25) is 0 Å². The van der Waals surface area contributed by atoms with Crippen LogP contribution in [0.3, 0.4) is 0 Å². The molecule has 1 amide bonds. The first-order valence-corrected chi connectivity index (χ1v) is 11.7. The smallest absolute Gasteiger partial charge is 0.411 e. The lowest BCUT2D eigenvalue weighted by Crippen LogP contribution is -2.18. The van der Waals surface area contributed by atoms with Gasteiger partial charge in [0.15, 0.2) is 0 Å². The van der Waals surface area contributed by atoms with E-state index >= 15 is 0 Å². The van der Waals surface area contributed by atoms with Gasteiger partial charge in [0.25, 0.3) is 0 Å². The van der Waals surface area contributed by atoms with Crippen LogP contribution in [-0.4, -0.2) is 32.2 Å². The van der Waals surface area contributed by atoms with E-state index in [1.165, 1.54) is 0 Å². The number of carbonyl (C=O) groups is 1. The van der Waals surface area contributed by atoms with Crippen LogP contribution in [0.2, 0.25) is 0 Å². The number of nitriles is 1. The number of benzene rings is 2. The monoisotopic (exact) mass is 470 g/mol. The number of aromatic nitrogens is 4. The Morgan fingerprint density at radius 2 is 2.06 bits per heavy atom. The number of hydrogen-bond donors (Lipinski definition) is 2. The maximum absolute atomic E-state index is 11.9. The lowest BCUT2D eigenvalue weighted by molar-refractivity contribution is 0.130. The fraction of sp³-hybridized carbons (Fsp3) is 0.308. The molecule has 5 rings (SSSR count). The fourth-order valence-corrected chi connectivity index (χ4v) is 4.33. The van der Waals surface area contributed by atoms with Crippen molar-refractivity contribution in [1.29, 1.82) is 5.26 Å². The highest BCUT2D eigenvalue weighted by molar-refractivity contribution is 5.96. The molecule has 9 heteroatoms. The molecular formula is C26H26N6O3. The van der Waals surface area contributed by atoms with Crippen molar-refractivity contribution in [3.63, 3.8) is 0 Å². The molecule has 0 saturated heterocycles. The molecule has 4 aromatic rings. The van der Waals surface area contributed by atoms with E-state index in [2.05, 4.69) is 31.4 Å². The van der Waals surface area contributed by atoms with Gasteiger partial charge in [-0.25, -0.2) is 4.79 Å². The van der Waals surface area contributed by atoms with Gasteiger partial charge in [-0.2, -0.15) is 5.26 Å². The second-order valence-electron chi connectivity index (χ2n) is 8.90. The molecule has 1 aliphatic rings. The lowest BCUT2D eigenvalue weighted by atomic mass is 9.92. The summed E-state index contributed by atoms with van der Waals surface area (Å²) in [6, 6.07) is 16.1. The fourth-order valence-electron chi connectivity index (χ4n) is 4.33. The number of hydrogen-bond acceptors (Lipinski definition) is 6. The highest BCUT2D eigenvalue weighted by atomic mass is 16.6.